The Morgan fingerprint density at radius 1 is 1.45 bits per heavy atom. The minimum Gasteiger partial charge on any atom is -0.326 e. The molecule has 0 amide bonds. The summed E-state index contributed by atoms with van der Waals surface area (Å²) < 4.78 is 27.1. The van der Waals surface area contributed by atoms with E-state index in [9.17, 15) is 8.42 Å². The van der Waals surface area contributed by atoms with Crippen LogP contribution in [-0.4, -0.2) is 39.5 Å². The second-order valence-corrected chi connectivity index (χ2v) is 7.22. The van der Waals surface area contributed by atoms with Gasteiger partial charge < -0.3 is 10.6 Å². The van der Waals surface area contributed by atoms with Gasteiger partial charge in [0.1, 0.15) is 4.90 Å². The van der Waals surface area contributed by atoms with E-state index in [0.29, 0.717) is 19.1 Å². The summed E-state index contributed by atoms with van der Waals surface area (Å²) in [6.07, 6.45) is 2.40. The maximum atomic E-state index is 12.2. The predicted octanol–water partition coefficient (Wildman–Crippen LogP) is 1.17. The summed E-state index contributed by atoms with van der Waals surface area (Å²) in [6, 6.07) is 5.43. The number of hydrogen-bond acceptors (Lipinski definition) is 4. The van der Waals surface area contributed by atoms with E-state index in [1.54, 1.807) is 12.1 Å². The summed E-state index contributed by atoms with van der Waals surface area (Å²) in [7, 11) is -1.58. The van der Waals surface area contributed by atoms with Crippen molar-refractivity contribution in [3.05, 3.63) is 28.8 Å². The molecule has 2 rings (SSSR count). The summed E-state index contributed by atoms with van der Waals surface area (Å²) in [4.78, 5) is 2.26. The van der Waals surface area contributed by atoms with Crippen molar-refractivity contribution in [2.45, 2.75) is 30.3 Å². The van der Waals surface area contributed by atoms with Gasteiger partial charge in [0, 0.05) is 25.7 Å². The molecule has 1 saturated carbocycles. The van der Waals surface area contributed by atoms with E-state index >= 15 is 0 Å². The summed E-state index contributed by atoms with van der Waals surface area (Å²) >= 11 is 5.97. The van der Waals surface area contributed by atoms with Gasteiger partial charge in [0.2, 0.25) is 10.0 Å². The zero-order chi connectivity index (χ0) is 14.8. The third kappa shape index (κ3) is 3.93. The maximum absolute atomic E-state index is 12.2. The van der Waals surface area contributed by atoms with Crippen LogP contribution in [0.3, 0.4) is 0 Å². The predicted molar refractivity (Wildman–Crippen MR) is 80.2 cm³/mol. The number of likely N-dealkylation sites (N-methyl/N-ethyl adjacent to an activating group) is 1. The van der Waals surface area contributed by atoms with Crippen LogP contribution in [0.1, 0.15) is 18.4 Å². The van der Waals surface area contributed by atoms with Crippen LogP contribution in [0.15, 0.2) is 23.1 Å². The lowest BCUT2D eigenvalue weighted by atomic mass is 10.2. The fraction of sp³-hybridized carbons (Fsp3) is 0.538. The van der Waals surface area contributed by atoms with Crippen LogP contribution in [-0.2, 0) is 16.6 Å². The van der Waals surface area contributed by atoms with Gasteiger partial charge in [-0.3, -0.25) is 0 Å². The molecule has 1 aliphatic carbocycles. The minimum absolute atomic E-state index is 0.0937. The number of nitrogens with zero attached hydrogens (tertiary/aromatic N) is 1. The quantitative estimate of drug-likeness (QED) is 0.791. The number of hydrogen-bond donors (Lipinski definition) is 2. The molecule has 3 N–H and O–H groups in total. The highest BCUT2D eigenvalue weighted by atomic mass is 35.5. The molecule has 20 heavy (non-hydrogen) atoms. The smallest absolute Gasteiger partial charge is 0.242 e. The fourth-order valence-corrected chi connectivity index (χ4v) is 3.58. The van der Waals surface area contributed by atoms with Crippen molar-refractivity contribution in [2.24, 2.45) is 5.73 Å². The molecule has 0 radical (unpaired) electrons. The highest BCUT2D eigenvalue weighted by molar-refractivity contribution is 7.89. The minimum atomic E-state index is -3.59. The molecule has 0 aliphatic heterocycles. The monoisotopic (exact) mass is 317 g/mol. The number of rotatable bonds is 7. The van der Waals surface area contributed by atoms with Gasteiger partial charge in [0.05, 0.1) is 5.02 Å². The van der Waals surface area contributed by atoms with E-state index in [1.165, 1.54) is 18.9 Å². The highest BCUT2D eigenvalue weighted by Gasteiger charge is 2.26. The number of halogens is 1. The first kappa shape index (κ1) is 15.7. The van der Waals surface area contributed by atoms with E-state index in [1.807, 2.05) is 7.05 Å². The van der Waals surface area contributed by atoms with Gasteiger partial charge in [-0.1, -0.05) is 17.7 Å². The van der Waals surface area contributed by atoms with Crippen LogP contribution in [0.2, 0.25) is 5.02 Å². The van der Waals surface area contributed by atoms with Crippen LogP contribution in [0.25, 0.3) is 0 Å². The summed E-state index contributed by atoms with van der Waals surface area (Å²) in [5, 5.41) is 0.213. The number of nitrogens with two attached hydrogens (primary N) is 1. The molecule has 0 atom stereocenters. The maximum Gasteiger partial charge on any atom is 0.242 e. The largest absolute Gasteiger partial charge is 0.326 e. The molecule has 5 nitrogen and oxygen atoms in total. The molecule has 0 spiro atoms. The van der Waals surface area contributed by atoms with Gasteiger partial charge in [-0.2, -0.15) is 0 Å². The Morgan fingerprint density at radius 2 is 2.15 bits per heavy atom. The van der Waals surface area contributed by atoms with Crippen molar-refractivity contribution in [1.82, 2.24) is 9.62 Å². The zero-order valence-corrected chi connectivity index (χ0v) is 13.0. The Balaban J connectivity index is 2.01. The second-order valence-electron chi connectivity index (χ2n) is 5.08. The van der Waals surface area contributed by atoms with E-state index in [-0.39, 0.29) is 16.5 Å². The molecule has 0 aromatic heterocycles. The fourth-order valence-electron chi connectivity index (χ4n) is 2.01. The van der Waals surface area contributed by atoms with Crippen LogP contribution >= 0.6 is 11.6 Å². The van der Waals surface area contributed by atoms with E-state index < -0.39 is 10.0 Å². The van der Waals surface area contributed by atoms with Gasteiger partial charge in [-0.25, -0.2) is 13.1 Å². The van der Waals surface area contributed by atoms with Gasteiger partial charge in [0.15, 0.2) is 0 Å². The lowest BCUT2D eigenvalue weighted by Crippen LogP contribution is -2.34. The Kier molecular flexibility index (Phi) is 5.04. The summed E-state index contributed by atoms with van der Waals surface area (Å²) in [5.74, 6) is 0. The SMILES string of the molecule is CN(CCNS(=O)(=O)c1cc(CN)ccc1Cl)C1CC1. The van der Waals surface area contributed by atoms with Gasteiger partial charge in [-0.05, 0) is 37.6 Å². The second kappa shape index (κ2) is 6.41. The lowest BCUT2D eigenvalue weighted by Gasteiger charge is -2.16. The average molecular weight is 318 g/mol. The molecule has 0 unspecified atom stereocenters. The van der Waals surface area contributed by atoms with Crippen LogP contribution in [0.5, 0.6) is 0 Å². The van der Waals surface area contributed by atoms with Crippen molar-refractivity contribution in [2.75, 3.05) is 20.1 Å². The van der Waals surface area contributed by atoms with Gasteiger partial charge in [-0.15, -0.1) is 0 Å². The summed E-state index contributed by atoms with van der Waals surface area (Å²) in [5.41, 5.74) is 6.27. The molecule has 0 saturated heterocycles. The molecular weight excluding hydrogens is 298 g/mol. The standard InChI is InChI=1S/C13H20ClN3O2S/c1-17(11-3-4-11)7-6-16-20(18,19)13-8-10(9-15)2-5-12(13)14/h2,5,8,11,16H,3-4,6-7,9,15H2,1H3. The molecule has 1 aromatic rings. The summed E-state index contributed by atoms with van der Waals surface area (Å²) in [6.45, 7) is 1.35. The highest BCUT2D eigenvalue weighted by Crippen LogP contribution is 2.25. The Labute approximate surface area is 125 Å². The van der Waals surface area contributed by atoms with Crippen molar-refractivity contribution >= 4 is 21.6 Å². The molecule has 0 heterocycles. The number of nitrogens with one attached hydrogen (secondary N) is 1. The zero-order valence-electron chi connectivity index (χ0n) is 11.5. The molecule has 0 bridgehead atoms. The average Bonchev–Trinajstić information content (AvgIpc) is 3.23. The van der Waals surface area contributed by atoms with Crippen molar-refractivity contribution in [3.63, 3.8) is 0 Å². The normalized spacial score (nSPS) is 15.8. The molecule has 112 valence electrons. The number of benzene rings is 1. The molecule has 1 aromatic carbocycles. The Bertz CT molecular complexity index is 573. The van der Waals surface area contributed by atoms with Crippen molar-refractivity contribution < 1.29 is 8.42 Å². The topological polar surface area (TPSA) is 75.4 Å². The van der Waals surface area contributed by atoms with E-state index in [4.69, 9.17) is 17.3 Å². The van der Waals surface area contributed by atoms with Crippen LogP contribution in [0, 0.1) is 0 Å². The molecule has 1 aliphatic rings. The number of sulfonamides is 1. The lowest BCUT2D eigenvalue weighted by molar-refractivity contribution is 0.329. The first-order valence-electron chi connectivity index (χ1n) is 6.62. The molecule has 1 fully saturated rings. The van der Waals surface area contributed by atoms with Gasteiger partial charge >= 0.3 is 0 Å². The molecule has 7 heteroatoms. The first-order valence-corrected chi connectivity index (χ1v) is 8.48. The van der Waals surface area contributed by atoms with Crippen molar-refractivity contribution in [1.29, 1.82) is 0 Å². The van der Waals surface area contributed by atoms with Crippen LogP contribution < -0.4 is 10.5 Å². The molecular formula is C13H20ClN3O2S. The van der Waals surface area contributed by atoms with Crippen molar-refractivity contribution in [3.8, 4) is 0 Å². The van der Waals surface area contributed by atoms with E-state index in [0.717, 1.165) is 5.56 Å². The third-order valence-corrected chi connectivity index (χ3v) is 5.39. The van der Waals surface area contributed by atoms with E-state index in [2.05, 4.69) is 9.62 Å². The van der Waals surface area contributed by atoms with Crippen LogP contribution in [0.4, 0.5) is 0 Å². The third-order valence-electron chi connectivity index (χ3n) is 3.45. The van der Waals surface area contributed by atoms with Gasteiger partial charge in [0.25, 0.3) is 0 Å². The Morgan fingerprint density at radius 3 is 2.75 bits per heavy atom. The first-order chi connectivity index (χ1) is 9.44. The Hall–Kier alpha value is -0.660.